The summed E-state index contributed by atoms with van der Waals surface area (Å²) < 4.78 is 24.7. The molecule has 0 unspecified atom stereocenters. The van der Waals surface area contributed by atoms with E-state index in [-0.39, 0.29) is 17.6 Å². The molecular formula is C8H17N3O2S. The van der Waals surface area contributed by atoms with Crippen LogP contribution in [0.4, 0.5) is 0 Å². The van der Waals surface area contributed by atoms with Gasteiger partial charge in [-0.25, -0.2) is 8.42 Å². The summed E-state index contributed by atoms with van der Waals surface area (Å²) in [5.74, 6) is 0.170. The Bertz CT molecular complexity index is 309. The molecule has 0 aromatic rings. The zero-order valence-corrected chi connectivity index (χ0v) is 9.18. The normalized spacial score (nSPS) is 17.3. The van der Waals surface area contributed by atoms with Crippen molar-refractivity contribution in [1.82, 2.24) is 4.31 Å². The van der Waals surface area contributed by atoms with Gasteiger partial charge >= 0.3 is 0 Å². The molecule has 1 aliphatic carbocycles. The van der Waals surface area contributed by atoms with Gasteiger partial charge in [0.15, 0.2) is 0 Å². The number of sulfonamides is 1. The van der Waals surface area contributed by atoms with Gasteiger partial charge in [-0.15, -0.1) is 0 Å². The van der Waals surface area contributed by atoms with Crippen molar-refractivity contribution in [2.75, 3.05) is 12.3 Å². The number of nitrogens with two attached hydrogens (primary N) is 1. The molecule has 0 saturated heterocycles. The quantitative estimate of drug-likeness (QED) is 0.491. The number of rotatable bonds is 6. The lowest BCUT2D eigenvalue weighted by Crippen LogP contribution is -2.36. The van der Waals surface area contributed by atoms with Gasteiger partial charge in [0.2, 0.25) is 10.0 Å². The van der Waals surface area contributed by atoms with Crippen molar-refractivity contribution in [3.05, 3.63) is 0 Å². The average molecular weight is 219 g/mol. The highest BCUT2D eigenvalue weighted by Gasteiger charge is 2.35. The van der Waals surface area contributed by atoms with E-state index >= 15 is 0 Å². The van der Waals surface area contributed by atoms with Gasteiger partial charge in [-0.2, -0.15) is 4.31 Å². The van der Waals surface area contributed by atoms with Crippen molar-refractivity contribution in [2.24, 2.45) is 5.73 Å². The number of nitrogens with zero attached hydrogens (tertiary/aromatic N) is 1. The lowest BCUT2D eigenvalue weighted by Gasteiger charge is -2.20. The maximum atomic E-state index is 11.6. The maximum Gasteiger partial charge on any atom is 0.214 e. The fraction of sp³-hybridized carbons (Fsp3) is 0.875. The lowest BCUT2D eigenvalue weighted by atomic mass is 10.4. The van der Waals surface area contributed by atoms with Crippen LogP contribution in [0, 0.1) is 5.41 Å². The average Bonchev–Trinajstić information content (AvgIpc) is 2.87. The predicted molar refractivity (Wildman–Crippen MR) is 55.7 cm³/mol. The van der Waals surface area contributed by atoms with Crippen molar-refractivity contribution in [1.29, 1.82) is 5.41 Å². The van der Waals surface area contributed by atoms with Crippen LogP contribution in [0.3, 0.4) is 0 Å². The third kappa shape index (κ3) is 2.95. The topological polar surface area (TPSA) is 87.2 Å². The van der Waals surface area contributed by atoms with Crippen LogP contribution in [0.1, 0.15) is 26.2 Å². The highest BCUT2D eigenvalue weighted by Crippen LogP contribution is 2.29. The number of nitrogens with one attached hydrogen (secondary N) is 1. The molecule has 1 saturated carbocycles. The van der Waals surface area contributed by atoms with E-state index < -0.39 is 10.0 Å². The minimum absolute atomic E-state index is 0.0435. The first kappa shape index (κ1) is 11.5. The van der Waals surface area contributed by atoms with Crippen LogP contribution in [0.25, 0.3) is 0 Å². The Labute approximate surface area is 84.8 Å². The first-order valence-electron chi connectivity index (χ1n) is 4.79. The molecule has 82 valence electrons. The van der Waals surface area contributed by atoms with Crippen molar-refractivity contribution in [3.8, 4) is 0 Å². The molecule has 0 radical (unpaired) electrons. The minimum Gasteiger partial charge on any atom is -0.388 e. The van der Waals surface area contributed by atoms with Gasteiger partial charge in [0.25, 0.3) is 0 Å². The molecular weight excluding hydrogens is 202 g/mol. The van der Waals surface area contributed by atoms with E-state index in [4.69, 9.17) is 11.1 Å². The summed E-state index contributed by atoms with van der Waals surface area (Å²) in [5, 5.41) is 7.07. The van der Waals surface area contributed by atoms with E-state index in [0.717, 1.165) is 12.8 Å². The Morgan fingerprint density at radius 1 is 1.57 bits per heavy atom. The van der Waals surface area contributed by atoms with Crippen LogP contribution in [-0.2, 0) is 10.0 Å². The van der Waals surface area contributed by atoms with Gasteiger partial charge in [0, 0.05) is 19.0 Å². The van der Waals surface area contributed by atoms with Crippen LogP contribution in [0.15, 0.2) is 0 Å². The van der Waals surface area contributed by atoms with Crippen molar-refractivity contribution >= 4 is 15.9 Å². The molecule has 0 bridgehead atoms. The van der Waals surface area contributed by atoms with E-state index in [0.29, 0.717) is 13.0 Å². The summed E-state index contributed by atoms with van der Waals surface area (Å²) in [7, 11) is -3.11. The Kier molecular flexibility index (Phi) is 3.49. The molecule has 0 heterocycles. The smallest absolute Gasteiger partial charge is 0.214 e. The summed E-state index contributed by atoms with van der Waals surface area (Å²) in [4.78, 5) is 0. The molecule has 0 aromatic heterocycles. The van der Waals surface area contributed by atoms with E-state index in [1.807, 2.05) is 0 Å². The van der Waals surface area contributed by atoms with Crippen LogP contribution in [-0.4, -0.2) is 36.9 Å². The molecule has 3 N–H and O–H groups in total. The van der Waals surface area contributed by atoms with Crippen LogP contribution in [0.2, 0.25) is 0 Å². The standard InChI is InChI=1S/C8H17N3O2S/c1-2-14(12,13)11(7-3-4-7)6-5-8(9)10/h7H,2-6H2,1H3,(H3,9,10). The number of amidine groups is 1. The molecule has 6 heteroatoms. The second-order valence-corrected chi connectivity index (χ2v) is 5.73. The molecule has 0 amide bonds. The Hall–Kier alpha value is -0.620. The lowest BCUT2D eigenvalue weighted by molar-refractivity contribution is 0.413. The first-order valence-corrected chi connectivity index (χ1v) is 6.40. The summed E-state index contributed by atoms with van der Waals surface area (Å²) in [6, 6.07) is 0.166. The molecule has 0 aliphatic heterocycles. The van der Waals surface area contributed by atoms with Crippen LogP contribution >= 0.6 is 0 Å². The molecule has 1 aliphatic rings. The summed E-state index contributed by atoms with van der Waals surface area (Å²) in [5.41, 5.74) is 5.21. The summed E-state index contributed by atoms with van der Waals surface area (Å²) in [6.07, 6.45) is 2.21. The summed E-state index contributed by atoms with van der Waals surface area (Å²) >= 11 is 0. The predicted octanol–water partition coefficient (Wildman–Crippen LogP) is 0.127. The number of hydrogen-bond acceptors (Lipinski definition) is 3. The molecule has 0 spiro atoms. The number of hydrogen-bond donors (Lipinski definition) is 2. The van der Waals surface area contributed by atoms with Crippen molar-refractivity contribution in [2.45, 2.75) is 32.2 Å². The highest BCUT2D eigenvalue weighted by molar-refractivity contribution is 7.89. The Morgan fingerprint density at radius 2 is 2.14 bits per heavy atom. The van der Waals surface area contributed by atoms with E-state index in [9.17, 15) is 8.42 Å². The SMILES string of the molecule is CCS(=O)(=O)N(CCC(=N)N)C1CC1. The summed E-state index contributed by atoms with van der Waals surface area (Å²) in [6.45, 7) is 1.99. The van der Waals surface area contributed by atoms with Crippen LogP contribution in [0.5, 0.6) is 0 Å². The third-order valence-corrected chi connectivity index (χ3v) is 4.20. The van der Waals surface area contributed by atoms with Gasteiger partial charge in [0.05, 0.1) is 11.6 Å². The van der Waals surface area contributed by atoms with Crippen molar-refractivity contribution in [3.63, 3.8) is 0 Å². The monoisotopic (exact) mass is 219 g/mol. The van der Waals surface area contributed by atoms with Gasteiger partial charge in [0.1, 0.15) is 0 Å². The second kappa shape index (κ2) is 4.27. The zero-order valence-electron chi connectivity index (χ0n) is 8.36. The van der Waals surface area contributed by atoms with Gasteiger partial charge in [-0.3, -0.25) is 5.41 Å². The maximum absolute atomic E-state index is 11.6. The van der Waals surface area contributed by atoms with Crippen LogP contribution < -0.4 is 5.73 Å². The highest BCUT2D eigenvalue weighted by atomic mass is 32.2. The zero-order chi connectivity index (χ0) is 10.8. The van der Waals surface area contributed by atoms with E-state index in [1.54, 1.807) is 6.92 Å². The third-order valence-electron chi connectivity index (χ3n) is 2.28. The van der Waals surface area contributed by atoms with E-state index in [2.05, 4.69) is 0 Å². The first-order chi connectivity index (χ1) is 6.47. The Morgan fingerprint density at radius 3 is 2.50 bits per heavy atom. The molecule has 1 rings (SSSR count). The molecule has 0 aromatic carbocycles. The van der Waals surface area contributed by atoms with Crippen molar-refractivity contribution < 1.29 is 8.42 Å². The molecule has 0 atom stereocenters. The molecule has 5 nitrogen and oxygen atoms in total. The van der Waals surface area contributed by atoms with E-state index in [1.165, 1.54) is 4.31 Å². The van der Waals surface area contributed by atoms with Gasteiger partial charge in [-0.05, 0) is 19.8 Å². The van der Waals surface area contributed by atoms with Gasteiger partial charge < -0.3 is 5.73 Å². The fourth-order valence-electron chi connectivity index (χ4n) is 1.31. The molecule has 1 fully saturated rings. The largest absolute Gasteiger partial charge is 0.388 e. The fourth-order valence-corrected chi connectivity index (χ4v) is 2.67. The van der Waals surface area contributed by atoms with Gasteiger partial charge in [-0.1, -0.05) is 0 Å². The minimum atomic E-state index is -3.11. The Balaban J connectivity index is 2.60. The molecule has 14 heavy (non-hydrogen) atoms. The second-order valence-electron chi connectivity index (χ2n) is 3.52.